The van der Waals surface area contributed by atoms with E-state index in [0.29, 0.717) is 5.92 Å². The Morgan fingerprint density at radius 1 is 0.692 bits per heavy atom. The summed E-state index contributed by atoms with van der Waals surface area (Å²) in [7, 11) is 0. The van der Waals surface area contributed by atoms with Gasteiger partial charge in [0.2, 0.25) is 0 Å². The second-order valence-corrected chi connectivity index (χ2v) is 9.92. The van der Waals surface area contributed by atoms with Gasteiger partial charge in [-0.3, -0.25) is 0 Å². The molecule has 26 heavy (non-hydrogen) atoms. The van der Waals surface area contributed by atoms with E-state index in [1.807, 2.05) is 0 Å². The van der Waals surface area contributed by atoms with Crippen molar-refractivity contribution in [2.24, 2.45) is 23.7 Å². The molecule has 3 aliphatic carbocycles. The highest BCUT2D eigenvalue weighted by Crippen LogP contribution is 2.48. The fourth-order valence-corrected chi connectivity index (χ4v) is 6.25. The standard InChI is InChI=1S/C25H44O/c1-20-12-9-7-5-3-2-4-6-8-10-13-21-18-23(17-16-20)24-19-22(21)14-11-15-25(24)26/h16,21-26H,2-15,17-19H2,1H3/b20-16+. The van der Waals surface area contributed by atoms with Gasteiger partial charge in [0.1, 0.15) is 0 Å². The van der Waals surface area contributed by atoms with E-state index in [0.717, 1.165) is 24.2 Å². The van der Waals surface area contributed by atoms with Gasteiger partial charge in [-0.1, -0.05) is 82.3 Å². The SMILES string of the molecule is C/C1=C\CC2CC(CCCCCCCCCCC1)C1CCCC(O)C2C1. The molecule has 3 aliphatic rings. The molecule has 0 radical (unpaired) electrons. The summed E-state index contributed by atoms with van der Waals surface area (Å²) >= 11 is 0. The minimum Gasteiger partial charge on any atom is -0.393 e. The molecule has 2 fully saturated rings. The highest BCUT2D eigenvalue weighted by Gasteiger charge is 2.40. The van der Waals surface area contributed by atoms with Crippen LogP contribution in [0.1, 0.15) is 116 Å². The van der Waals surface area contributed by atoms with Crippen molar-refractivity contribution >= 4 is 0 Å². The molecule has 0 aromatic carbocycles. The predicted octanol–water partition coefficient (Wildman–Crippen LogP) is 7.43. The third-order valence-electron chi connectivity index (χ3n) is 7.94. The molecule has 0 aromatic rings. The minimum absolute atomic E-state index is 0.0197. The van der Waals surface area contributed by atoms with Crippen LogP contribution in [0.5, 0.6) is 0 Å². The Kier molecular flexibility index (Phi) is 8.56. The smallest absolute Gasteiger partial charge is 0.0571 e. The summed E-state index contributed by atoms with van der Waals surface area (Å²) in [5, 5.41) is 10.7. The number of hydrogen-bond acceptors (Lipinski definition) is 1. The largest absolute Gasteiger partial charge is 0.393 e. The molecule has 5 unspecified atom stereocenters. The lowest BCUT2D eigenvalue weighted by molar-refractivity contribution is 0.0181. The van der Waals surface area contributed by atoms with Crippen molar-refractivity contribution in [2.45, 2.75) is 122 Å². The zero-order valence-corrected chi connectivity index (χ0v) is 17.4. The Bertz CT molecular complexity index is 426. The van der Waals surface area contributed by atoms with Crippen LogP contribution >= 0.6 is 0 Å². The lowest BCUT2D eigenvalue weighted by Crippen LogP contribution is -2.36. The summed E-state index contributed by atoms with van der Waals surface area (Å²) in [6.07, 6.45) is 25.9. The van der Waals surface area contributed by atoms with Gasteiger partial charge in [-0.25, -0.2) is 0 Å². The molecule has 150 valence electrons. The summed E-state index contributed by atoms with van der Waals surface area (Å²) < 4.78 is 0. The first-order valence-corrected chi connectivity index (χ1v) is 12.1. The Hall–Kier alpha value is -0.300. The summed E-state index contributed by atoms with van der Waals surface area (Å²) in [4.78, 5) is 0. The van der Waals surface area contributed by atoms with Gasteiger partial charge in [0.25, 0.3) is 0 Å². The fraction of sp³-hybridized carbons (Fsp3) is 0.920. The number of rotatable bonds is 0. The van der Waals surface area contributed by atoms with Gasteiger partial charge >= 0.3 is 0 Å². The van der Waals surface area contributed by atoms with Crippen LogP contribution in [0.4, 0.5) is 0 Å². The van der Waals surface area contributed by atoms with Crippen LogP contribution in [0.2, 0.25) is 0 Å². The molecular formula is C25H44O. The molecule has 0 aromatic heterocycles. The lowest BCUT2D eigenvalue weighted by Gasteiger charge is -2.41. The number of allylic oxidation sites excluding steroid dienone is 2. The molecule has 5 atom stereocenters. The summed E-state index contributed by atoms with van der Waals surface area (Å²) in [5.41, 5.74) is 1.61. The summed E-state index contributed by atoms with van der Waals surface area (Å²) in [5.74, 6) is 3.20. The van der Waals surface area contributed by atoms with E-state index >= 15 is 0 Å². The van der Waals surface area contributed by atoms with E-state index in [-0.39, 0.29) is 6.10 Å². The van der Waals surface area contributed by atoms with Crippen LogP contribution in [-0.2, 0) is 0 Å². The van der Waals surface area contributed by atoms with Gasteiger partial charge in [-0.05, 0) is 69.1 Å². The average molecular weight is 361 g/mol. The van der Waals surface area contributed by atoms with Crippen molar-refractivity contribution < 1.29 is 5.11 Å². The summed E-state index contributed by atoms with van der Waals surface area (Å²) in [6.45, 7) is 2.35. The fourth-order valence-electron chi connectivity index (χ4n) is 6.25. The van der Waals surface area contributed by atoms with Crippen molar-refractivity contribution in [1.29, 1.82) is 0 Å². The normalized spacial score (nSPS) is 40.7. The van der Waals surface area contributed by atoms with E-state index < -0.39 is 0 Å². The van der Waals surface area contributed by atoms with E-state index in [9.17, 15) is 5.11 Å². The molecule has 1 heteroatoms. The van der Waals surface area contributed by atoms with Crippen molar-refractivity contribution in [1.82, 2.24) is 0 Å². The molecule has 2 saturated carbocycles. The van der Waals surface area contributed by atoms with Crippen LogP contribution in [0, 0.1) is 23.7 Å². The zero-order valence-electron chi connectivity index (χ0n) is 17.4. The Morgan fingerprint density at radius 2 is 1.31 bits per heavy atom. The first-order valence-electron chi connectivity index (χ1n) is 12.1. The molecule has 4 bridgehead atoms. The van der Waals surface area contributed by atoms with Crippen LogP contribution < -0.4 is 0 Å². The third kappa shape index (κ3) is 6.11. The second-order valence-electron chi connectivity index (χ2n) is 9.92. The Labute approximate surface area is 163 Å². The van der Waals surface area contributed by atoms with Gasteiger partial charge in [-0.2, -0.15) is 0 Å². The molecule has 0 spiro atoms. The monoisotopic (exact) mass is 360 g/mol. The highest BCUT2D eigenvalue weighted by molar-refractivity contribution is 5.01. The van der Waals surface area contributed by atoms with E-state index in [4.69, 9.17) is 0 Å². The van der Waals surface area contributed by atoms with Gasteiger partial charge in [0.05, 0.1) is 6.10 Å². The van der Waals surface area contributed by atoms with Gasteiger partial charge < -0.3 is 5.11 Å². The quantitative estimate of drug-likeness (QED) is 0.445. The molecule has 3 rings (SSSR count). The molecule has 0 heterocycles. The Morgan fingerprint density at radius 3 is 2.08 bits per heavy atom. The maximum Gasteiger partial charge on any atom is 0.0571 e. The van der Waals surface area contributed by atoms with Crippen LogP contribution in [0.3, 0.4) is 0 Å². The lowest BCUT2D eigenvalue weighted by atomic mass is 9.64. The van der Waals surface area contributed by atoms with Gasteiger partial charge in [0.15, 0.2) is 0 Å². The second kappa shape index (κ2) is 10.9. The molecule has 0 amide bonds. The number of fused-ring (bicyclic) bond motifs is 6. The molecule has 1 nitrogen and oxygen atoms in total. The molecular weight excluding hydrogens is 316 g/mol. The highest BCUT2D eigenvalue weighted by atomic mass is 16.3. The topological polar surface area (TPSA) is 20.2 Å². The van der Waals surface area contributed by atoms with Crippen molar-refractivity contribution in [2.75, 3.05) is 0 Å². The van der Waals surface area contributed by atoms with Crippen molar-refractivity contribution in [3.63, 3.8) is 0 Å². The van der Waals surface area contributed by atoms with Crippen molar-refractivity contribution in [3.8, 4) is 0 Å². The zero-order chi connectivity index (χ0) is 18.2. The van der Waals surface area contributed by atoms with Crippen molar-refractivity contribution in [3.05, 3.63) is 11.6 Å². The number of aliphatic hydroxyl groups excluding tert-OH is 1. The molecule has 0 saturated heterocycles. The molecule has 0 aliphatic heterocycles. The molecule has 1 N–H and O–H groups in total. The number of aliphatic hydroxyl groups is 1. The summed E-state index contributed by atoms with van der Waals surface area (Å²) in [6, 6.07) is 0. The van der Waals surface area contributed by atoms with E-state index in [1.54, 1.807) is 5.57 Å². The predicted molar refractivity (Wildman–Crippen MR) is 112 cm³/mol. The Balaban J connectivity index is 1.65. The van der Waals surface area contributed by atoms with E-state index in [2.05, 4.69) is 13.0 Å². The van der Waals surface area contributed by atoms with Gasteiger partial charge in [-0.15, -0.1) is 0 Å². The van der Waals surface area contributed by atoms with Crippen LogP contribution in [-0.4, -0.2) is 11.2 Å². The third-order valence-corrected chi connectivity index (χ3v) is 7.94. The first kappa shape index (κ1) is 20.4. The first-order chi connectivity index (χ1) is 12.7. The van der Waals surface area contributed by atoms with E-state index in [1.165, 1.54) is 103 Å². The average Bonchev–Trinajstić information content (AvgIpc) is 2.79. The number of hydrogen-bond donors (Lipinski definition) is 1. The maximum absolute atomic E-state index is 10.7. The van der Waals surface area contributed by atoms with Gasteiger partial charge in [0, 0.05) is 0 Å². The van der Waals surface area contributed by atoms with Crippen LogP contribution in [0.25, 0.3) is 0 Å². The maximum atomic E-state index is 10.7. The van der Waals surface area contributed by atoms with Crippen LogP contribution in [0.15, 0.2) is 11.6 Å². The minimum atomic E-state index is -0.0197.